The van der Waals surface area contributed by atoms with E-state index in [2.05, 4.69) is 76.9 Å². The van der Waals surface area contributed by atoms with Crippen LogP contribution in [-0.2, 0) is 34.0 Å². The Bertz CT molecular complexity index is 2700. The van der Waals surface area contributed by atoms with Gasteiger partial charge in [0.25, 0.3) is 0 Å². The molecule has 0 aliphatic carbocycles. The zero-order chi connectivity index (χ0) is 47.1. The van der Waals surface area contributed by atoms with Gasteiger partial charge in [-0.1, -0.05) is 44.2 Å². The van der Waals surface area contributed by atoms with E-state index in [0.717, 1.165) is 87.4 Å². The number of ether oxygens (including phenoxy) is 5. The van der Waals surface area contributed by atoms with Gasteiger partial charge in [0.1, 0.15) is 35.2 Å². The number of fused-ring (bicyclic) bond motifs is 4. The van der Waals surface area contributed by atoms with E-state index in [0.29, 0.717) is 71.0 Å². The van der Waals surface area contributed by atoms with Crippen molar-refractivity contribution >= 4 is 34.8 Å². The van der Waals surface area contributed by atoms with E-state index in [-0.39, 0.29) is 35.7 Å². The number of benzene rings is 3. The number of H-pyrrole nitrogens is 2. The van der Waals surface area contributed by atoms with Gasteiger partial charge < -0.3 is 54.1 Å². The lowest BCUT2D eigenvalue weighted by molar-refractivity contribution is -0.137. The van der Waals surface area contributed by atoms with Crippen molar-refractivity contribution in [3.63, 3.8) is 0 Å². The first-order chi connectivity index (χ1) is 33.0. The molecule has 4 amide bonds. The summed E-state index contributed by atoms with van der Waals surface area (Å²) in [5.41, 5.74) is 5.31. The Labute approximate surface area is 395 Å². The number of alkyl carbamates (subject to hydrolysis) is 2. The standard InChI is InChI=1S/C51H60N8O9/c1-51(2)35-13-10-33(37-28-53-46(55-37)39-8-6-20-59(39)48(61)44(57-50(63)65-4)30-17-23-67-24-18-30)26-41(35)68-40-14-11-31-25-32(9-12-34(31)42(40)51)36-27-52-45(54-36)38-7-5-19-58(38)47(60)43(56-49(62)64-3)29-15-21-66-22-16-29/h9-14,25-30,38-39,43-44H,5-8,15-24H2,1-4H3,(H,52,54)(H,53,55)(H,56,62)(H,57,63)/t38-,39-,43-,44-/m0/s1. The van der Waals surface area contributed by atoms with Gasteiger partial charge in [-0.05, 0) is 92.2 Å². The number of carbonyl (C=O) groups is 4. The fraction of sp³-hybridized carbons (Fsp3) is 0.490. The van der Waals surface area contributed by atoms with Crippen molar-refractivity contribution in [1.82, 2.24) is 40.4 Å². The third-order valence-corrected chi connectivity index (χ3v) is 14.9. The topological polar surface area (TPSA) is 202 Å². The summed E-state index contributed by atoms with van der Waals surface area (Å²) in [6, 6.07) is 14.9. The molecule has 0 bridgehead atoms. The second kappa shape index (κ2) is 18.9. The maximum Gasteiger partial charge on any atom is 0.407 e. The van der Waals surface area contributed by atoms with E-state index in [9.17, 15) is 19.2 Å². The lowest BCUT2D eigenvalue weighted by Gasteiger charge is -2.35. The number of aromatic amines is 2. The van der Waals surface area contributed by atoms with Crippen LogP contribution in [0.5, 0.6) is 11.5 Å². The van der Waals surface area contributed by atoms with Gasteiger partial charge in [0.05, 0.1) is 50.1 Å². The maximum absolute atomic E-state index is 14.1. The predicted molar refractivity (Wildman–Crippen MR) is 251 cm³/mol. The van der Waals surface area contributed by atoms with Crippen LogP contribution in [-0.4, -0.2) is 120 Å². The Balaban J connectivity index is 0.857. The van der Waals surface area contributed by atoms with E-state index in [4.69, 9.17) is 33.7 Å². The van der Waals surface area contributed by atoms with E-state index < -0.39 is 29.7 Å². The number of amides is 4. The summed E-state index contributed by atoms with van der Waals surface area (Å²) in [7, 11) is 2.62. The molecule has 0 radical (unpaired) electrons. The molecule has 17 heteroatoms. The molecule has 358 valence electrons. The minimum absolute atomic E-state index is 0.0410. The summed E-state index contributed by atoms with van der Waals surface area (Å²) in [6.45, 7) is 7.81. The van der Waals surface area contributed by atoms with Crippen molar-refractivity contribution < 1.29 is 42.9 Å². The first kappa shape index (κ1) is 45.3. The summed E-state index contributed by atoms with van der Waals surface area (Å²) in [4.78, 5) is 73.4. The Morgan fingerprint density at radius 3 is 1.72 bits per heavy atom. The molecular weight excluding hydrogens is 869 g/mol. The third-order valence-electron chi connectivity index (χ3n) is 14.9. The van der Waals surface area contributed by atoms with E-state index in [1.807, 2.05) is 28.3 Å². The largest absolute Gasteiger partial charge is 0.457 e. The van der Waals surface area contributed by atoms with Gasteiger partial charge in [-0.2, -0.15) is 0 Å². The number of rotatable bonds is 10. The van der Waals surface area contributed by atoms with Crippen molar-refractivity contribution in [3.05, 3.63) is 83.7 Å². The monoisotopic (exact) mass is 928 g/mol. The minimum atomic E-state index is -0.705. The molecule has 5 aromatic rings. The predicted octanol–water partition coefficient (Wildman–Crippen LogP) is 7.68. The molecule has 5 aliphatic rings. The van der Waals surface area contributed by atoms with E-state index in [1.54, 1.807) is 0 Å². The van der Waals surface area contributed by atoms with Crippen molar-refractivity contribution in [2.75, 3.05) is 53.7 Å². The number of aromatic nitrogens is 4. The van der Waals surface area contributed by atoms with Crippen LogP contribution >= 0.6 is 0 Å². The number of likely N-dealkylation sites (tertiary alicyclic amines) is 2. The van der Waals surface area contributed by atoms with Gasteiger partial charge in [0.15, 0.2) is 0 Å². The Morgan fingerprint density at radius 2 is 1.19 bits per heavy atom. The molecule has 4 N–H and O–H groups in total. The molecule has 0 spiro atoms. The second-order valence-corrected chi connectivity index (χ2v) is 19.2. The molecule has 2 aromatic heterocycles. The van der Waals surface area contributed by atoms with Crippen LogP contribution in [0.1, 0.15) is 100 Å². The van der Waals surface area contributed by atoms with Crippen molar-refractivity contribution in [1.29, 1.82) is 0 Å². The van der Waals surface area contributed by atoms with Crippen molar-refractivity contribution in [2.24, 2.45) is 11.8 Å². The van der Waals surface area contributed by atoms with Gasteiger partial charge in [-0.15, -0.1) is 0 Å². The average molecular weight is 929 g/mol. The van der Waals surface area contributed by atoms with Crippen LogP contribution in [0.4, 0.5) is 9.59 Å². The SMILES string of the molecule is COC(=O)N[C@H](C(=O)N1CCC[C@H]1c1ncc(-c2ccc3c(c2)Oc2ccc4cc(-c5cnc([C@@H]6CCCN6C(=O)[C@@H](NC(=O)OC)C6CCOCC6)[nH]5)ccc4c2C3(C)C)[nH]1)C1CCOCC1. The molecule has 0 saturated carbocycles. The Kier molecular flexibility index (Phi) is 12.6. The molecule has 3 aromatic carbocycles. The van der Waals surface area contributed by atoms with Crippen LogP contribution in [0.25, 0.3) is 33.3 Å². The molecule has 7 heterocycles. The lowest BCUT2D eigenvalue weighted by Crippen LogP contribution is -2.53. The molecule has 5 aliphatic heterocycles. The highest BCUT2D eigenvalue weighted by molar-refractivity contribution is 5.93. The normalized spacial score (nSPS) is 21.4. The zero-order valence-electron chi connectivity index (χ0n) is 39.1. The fourth-order valence-corrected chi connectivity index (χ4v) is 11.3. The van der Waals surface area contributed by atoms with Crippen LogP contribution in [0, 0.1) is 11.8 Å². The number of nitrogens with zero attached hydrogens (tertiary/aromatic N) is 4. The lowest BCUT2D eigenvalue weighted by atomic mass is 9.73. The number of carbonyl (C=O) groups excluding carboxylic acids is 4. The van der Waals surface area contributed by atoms with Gasteiger partial charge in [-0.25, -0.2) is 19.6 Å². The summed E-state index contributed by atoms with van der Waals surface area (Å²) in [6.07, 6.45) is 8.32. The zero-order valence-corrected chi connectivity index (χ0v) is 39.1. The fourth-order valence-electron chi connectivity index (χ4n) is 11.3. The summed E-state index contributed by atoms with van der Waals surface area (Å²) >= 11 is 0. The molecule has 10 rings (SSSR count). The van der Waals surface area contributed by atoms with E-state index >= 15 is 0 Å². The molecule has 4 saturated heterocycles. The summed E-state index contributed by atoms with van der Waals surface area (Å²) in [5.74, 6) is 2.65. The highest BCUT2D eigenvalue weighted by Crippen LogP contribution is 2.51. The second-order valence-electron chi connectivity index (χ2n) is 19.2. The van der Waals surface area contributed by atoms with Gasteiger partial charge in [-0.3, -0.25) is 9.59 Å². The summed E-state index contributed by atoms with van der Waals surface area (Å²) in [5, 5.41) is 7.80. The highest BCUT2D eigenvalue weighted by Gasteiger charge is 2.42. The van der Waals surface area contributed by atoms with Crippen LogP contribution in [0.3, 0.4) is 0 Å². The van der Waals surface area contributed by atoms with Gasteiger partial charge in [0.2, 0.25) is 11.8 Å². The van der Waals surface area contributed by atoms with Crippen molar-refractivity contribution in [3.8, 4) is 34.0 Å². The number of hydrogen-bond donors (Lipinski definition) is 4. The maximum atomic E-state index is 14.1. The number of nitrogens with one attached hydrogen (secondary N) is 4. The summed E-state index contributed by atoms with van der Waals surface area (Å²) < 4.78 is 27.6. The molecule has 68 heavy (non-hydrogen) atoms. The van der Waals surface area contributed by atoms with Crippen LogP contribution in [0.2, 0.25) is 0 Å². The van der Waals surface area contributed by atoms with Crippen LogP contribution in [0.15, 0.2) is 60.9 Å². The molecule has 17 nitrogen and oxygen atoms in total. The Morgan fingerprint density at radius 1 is 0.676 bits per heavy atom. The average Bonchev–Trinajstić information content (AvgIpc) is 4.22. The number of hydrogen-bond acceptors (Lipinski definition) is 11. The van der Waals surface area contributed by atoms with Gasteiger partial charge >= 0.3 is 12.2 Å². The molecule has 4 atom stereocenters. The molecular formula is C51H60N8O9. The van der Waals surface area contributed by atoms with Gasteiger partial charge in [0, 0.05) is 67.2 Å². The quantitative estimate of drug-likeness (QED) is 0.107. The number of methoxy groups -OCH3 is 2. The smallest absolute Gasteiger partial charge is 0.407 e. The first-order valence-electron chi connectivity index (χ1n) is 24.0. The molecule has 0 unspecified atom stereocenters. The number of imidazole rings is 2. The molecule has 4 fully saturated rings. The highest BCUT2D eigenvalue weighted by atomic mass is 16.5. The van der Waals surface area contributed by atoms with Crippen LogP contribution < -0.4 is 15.4 Å². The Hall–Kier alpha value is -6.46. The minimum Gasteiger partial charge on any atom is -0.457 e. The van der Waals surface area contributed by atoms with E-state index in [1.165, 1.54) is 14.2 Å². The van der Waals surface area contributed by atoms with Crippen molar-refractivity contribution in [2.45, 2.75) is 94.8 Å². The first-order valence-corrected chi connectivity index (χ1v) is 24.0. The third kappa shape index (κ3) is 8.54.